The van der Waals surface area contributed by atoms with E-state index in [0.29, 0.717) is 0 Å². The van der Waals surface area contributed by atoms with E-state index >= 15 is 0 Å². The van der Waals surface area contributed by atoms with Crippen molar-refractivity contribution >= 4 is 82.0 Å². The van der Waals surface area contributed by atoms with Gasteiger partial charge in [0.15, 0.2) is 12.2 Å². The SMILES string of the molecule is CC(=O)CCC(=O)OC[C@H]1O[C@H](OC(=N)C(Cl)(Cl)Cl)[C@H](OC(C)=O)[C@@H](OC(C)=O)[C@@H]1OC(=O)CCl. The summed E-state index contributed by atoms with van der Waals surface area (Å²) < 4.78 is 29.2. The molecule has 0 aromatic rings. The van der Waals surface area contributed by atoms with E-state index in [4.69, 9.17) is 80.2 Å². The summed E-state index contributed by atoms with van der Waals surface area (Å²) in [6.45, 7) is 2.74. The van der Waals surface area contributed by atoms with Gasteiger partial charge in [0.25, 0.3) is 3.79 Å². The van der Waals surface area contributed by atoms with Crippen molar-refractivity contribution < 1.29 is 52.4 Å². The van der Waals surface area contributed by atoms with Crippen LogP contribution in [0.2, 0.25) is 0 Å². The Labute approximate surface area is 220 Å². The van der Waals surface area contributed by atoms with E-state index in [-0.39, 0.29) is 18.6 Å². The molecular weight excluding hydrogens is 560 g/mol. The van der Waals surface area contributed by atoms with Crippen LogP contribution in [0, 0.1) is 5.41 Å². The highest BCUT2D eigenvalue weighted by atomic mass is 35.6. The molecule has 0 aromatic carbocycles. The molecule has 0 bridgehead atoms. The largest absolute Gasteiger partial charge is 0.463 e. The van der Waals surface area contributed by atoms with Gasteiger partial charge in [-0.2, -0.15) is 0 Å². The summed E-state index contributed by atoms with van der Waals surface area (Å²) in [5, 5.41) is 7.81. The van der Waals surface area contributed by atoms with Gasteiger partial charge in [-0.15, -0.1) is 11.6 Å². The molecule has 1 rings (SSSR count). The van der Waals surface area contributed by atoms with E-state index in [9.17, 15) is 24.0 Å². The van der Waals surface area contributed by atoms with Crippen molar-refractivity contribution in [2.75, 3.05) is 12.5 Å². The smallest absolute Gasteiger partial charge is 0.321 e. The molecule has 0 amide bonds. The van der Waals surface area contributed by atoms with Gasteiger partial charge < -0.3 is 33.2 Å². The van der Waals surface area contributed by atoms with Crippen molar-refractivity contribution in [3.63, 3.8) is 0 Å². The number of carbonyl (C=O) groups is 5. The number of carbonyl (C=O) groups excluding carboxylic acids is 5. The molecule has 0 unspecified atom stereocenters. The summed E-state index contributed by atoms with van der Waals surface area (Å²) in [6.07, 6.45) is -8.17. The predicted molar refractivity (Wildman–Crippen MR) is 120 cm³/mol. The van der Waals surface area contributed by atoms with E-state index in [0.717, 1.165) is 13.8 Å². The number of ether oxygens (including phenoxy) is 6. The van der Waals surface area contributed by atoms with Gasteiger partial charge in [0, 0.05) is 20.3 Å². The fraction of sp³-hybridized carbons (Fsp3) is 0.684. The molecule has 198 valence electrons. The molecule has 0 spiro atoms. The number of hydrogen-bond acceptors (Lipinski definition) is 12. The van der Waals surface area contributed by atoms with Crippen molar-refractivity contribution in [2.45, 2.75) is 68.1 Å². The zero-order valence-corrected chi connectivity index (χ0v) is 21.7. The molecule has 0 radical (unpaired) electrons. The molecule has 0 saturated carbocycles. The van der Waals surface area contributed by atoms with Crippen LogP contribution in [0.1, 0.15) is 33.6 Å². The zero-order valence-electron chi connectivity index (χ0n) is 18.7. The highest BCUT2D eigenvalue weighted by Crippen LogP contribution is 2.33. The second-order valence-electron chi connectivity index (χ2n) is 7.11. The molecule has 16 heteroatoms. The number of halogens is 4. The Bertz CT molecular complexity index is 832. The van der Waals surface area contributed by atoms with Crippen molar-refractivity contribution in [3.8, 4) is 0 Å². The molecule has 12 nitrogen and oxygen atoms in total. The first-order chi connectivity index (χ1) is 16.1. The Kier molecular flexibility index (Phi) is 12.5. The molecule has 1 saturated heterocycles. The van der Waals surface area contributed by atoms with Crippen LogP contribution in [-0.4, -0.2) is 82.5 Å². The van der Waals surface area contributed by atoms with Gasteiger partial charge in [-0.3, -0.25) is 24.6 Å². The molecule has 1 fully saturated rings. The number of Topliss-reactive ketones (excluding diaryl/α,β-unsaturated/α-hetero) is 1. The predicted octanol–water partition coefficient (Wildman–Crippen LogP) is 2.00. The lowest BCUT2D eigenvalue weighted by Gasteiger charge is -2.44. The second kappa shape index (κ2) is 14.0. The maximum Gasteiger partial charge on any atom is 0.321 e. The third kappa shape index (κ3) is 10.7. The zero-order chi connectivity index (χ0) is 26.9. The van der Waals surface area contributed by atoms with Crippen LogP contribution in [0.25, 0.3) is 0 Å². The van der Waals surface area contributed by atoms with Crippen LogP contribution in [-0.2, 0) is 52.4 Å². The Morgan fingerprint density at radius 2 is 1.40 bits per heavy atom. The number of rotatable bonds is 10. The second-order valence-corrected chi connectivity index (χ2v) is 9.66. The lowest BCUT2D eigenvalue weighted by atomic mass is 9.98. The normalized spacial score (nSPS) is 24.0. The molecule has 35 heavy (non-hydrogen) atoms. The summed E-state index contributed by atoms with van der Waals surface area (Å²) in [5.41, 5.74) is 0. The van der Waals surface area contributed by atoms with Gasteiger partial charge in [-0.25, -0.2) is 0 Å². The fourth-order valence-electron chi connectivity index (χ4n) is 2.78. The van der Waals surface area contributed by atoms with Crippen LogP contribution in [0.3, 0.4) is 0 Å². The maximum atomic E-state index is 12.0. The van der Waals surface area contributed by atoms with Crippen LogP contribution >= 0.6 is 46.4 Å². The van der Waals surface area contributed by atoms with Gasteiger partial charge >= 0.3 is 23.9 Å². The summed E-state index contributed by atoms with van der Waals surface area (Å²) in [6, 6.07) is 0. The summed E-state index contributed by atoms with van der Waals surface area (Å²) in [5.74, 6) is -5.33. The Morgan fingerprint density at radius 1 is 0.829 bits per heavy atom. The molecule has 1 aliphatic heterocycles. The van der Waals surface area contributed by atoms with Crippen LogP contribution < -0.4 is 0 Å². The summed E-state index contributed by atoms with van der Waals surface area (Å²) in [7, 11) is 0. The van der Waals surface area contributed by atoms with Gasteiger partial charge in [-0.1, -0.05) is 34.8 Å². The van der Waals surface area contributed by atoms with Crippen molar-refractivity contribution in [1.82, 2.24) is 0 Å². The van der Waals surface area contributed by atoms with Gasteiger partial charge in [0.1, 0.15) is 24.4 Å². The van der Waals surface area contributed by atoms with Crippen LogP contribution in [0.15, 0.2) is 0 Å². The van der Waals surface area contributed by atoms with E-state index < -0.39 is 76.8 Å². The number of ketones is 1. The Hall–Kier alpha value is -1.86. The van der Waals surface area contributed by atoms with Crippen molar-refractivity contribution in [1.29, 1.82) is 5.41 Å². The molecule has 5 atom stereocenters. The monoisotopic (exact) mass is 581 g/mol. The number of alkyl halides is 4. The number of nitrogens with one attached hydrogen (secondary N) is 1. The third-order valence-corrected chi connectivity index (χ3v) is 4.89. The van der Waals surface area contributed by atoms with Gasteiger partial charge in [0.2, 0.25) is 18.3 Å². The Balaban J connectivity index is 3.35. The van der Waals surface area contributed by atoms with Gasteiger partial charge in [0.05, 0.1) is 6.42 Å². The average Bonchev–Trinajstić information content (AvgIpc) is 2.73. The number of hydrogen-bond donors (Lipinski definition) is 1. The lowest BCUT2D eigenvalue weighted by Crippen LogP contribution is -2.63. The van der Waals surface area contributed by atoms with Crippen molar-refractivity contribution in [2.24, 2.45) is 0 Å². The first-order valence-corrected chi connectivity index (χ1v) is 11.5. The minimum atomic E-state index is -2.35. The minimum absolute atomic E-state index is 0.0776. The first-order valence-electron chi connectivity index (χ1n) is 9.88. The average molecular weight is 583 g/mol. The van der Waals surface area contributed by atoms with E-state index in [1.807, 2.05) is 0 Å². The Morgan fingerprint density at radius 3 is 1.89 bits per heavy atom. The highest BCUT2D eigenvalue weighted by Gasteiger charge is 2.54. The van der Waals surface area contributed by atoms with Crippen LogP contribution in [0.4, 0.5) is 0 Å². The molecule has 0 aliphatic carbocycles. The molecule has 1 aliphatic rings. The van der Waals surface area contributed by atoms with E-state index in [1.165, 1.54) is 6.92 Å². The van der Waals surface area contributed by atoms with E-state index in [1.54, 1.807) is 0 Å². The van der Waals surface area contributed by atoms with Gasteiger partial charge in [-0.05, 0) is 6.92 Å². The van der Waals surface area contributed by atoms with Crippen molar-refractivity contribution in [3.05, 3.63) is 0 Å². The molecule has 1 heterocycles. The van der Waals surface area contributed by atoms with Crippen LogP contribution in [0.5, 0.6) is 0 Å². The standard InChI is InChI=1S/C19H23Cl4NO11/c1-8(25)4-5-12(28)30-7-11-14(34-13(29)6-20)15(31-9(2)26)16(32-10(3)27)17(33-11)35-18(24)19(21,22)23/h11,14-17,24H,4-7H2,1-3H3/t11-,14-,15+,16-,17-/m1/s1. The summed E-state index contributed by atoms with van der Waals surface area (Å²) >= 11 is 22.5. The molecular formula is C19H23Cl4NO11. The number of esters is 4. The third-order valence-electron chi connectivity index (χ3n) is 4.15. The quantitative estimate of drug-likeness (QED) is 0.132. The molecule has 1 N–H and O–H groups in total. The lowest BCUT2D eigenvalue weighted by molar-refractivity contribution is -0.292. The van der Waals surface area contributed by atoms with E-state index in [2.05, 4.69) is 0 Å². The summed E-state index contributed by atoms with van der Waals surface area (Å²) in [4.78, 5) is 58.6. The maximum absolute atomic E-state index is 12.0. The first kappa shape index (κ1) is 31.2. The fourth-order valence-corrected chi connectivity index (χ4v) is 2.98. The molecule has 0 aromatic heterocycles. The topological polar surface area (TPSA) is 165 Å². The minimum Gasteiger partial charge on any atom is -0.463 e. The highest BCUT2D eigenvalue weighted by molar-refractivity contribution is 6.76.